The molecule has 2 heterocycles. The van der Waals surface area contributed by atoms with Crippen LogP contribution < -0.4 is 4.90 Å². The third-order valence-electron chi connectivity index (χ3n) is 4.50. The average molecular weight is 318 g/mol. The molecule has 0 saturated carbocycles. The van der Waals surface area contributed by atoms with Crippen molar-refractivity contribution in [3.63, 3.8) is 0 Å². The number of hydrogen-bond acceptors (Lipinski definition) is 3. The van der Waals surface area contributed by atoms with Gasteiger partial charge >= 0.3 is 0 Å². The number of anilines is 1. The van der Waals surface area contributed by atoms with E-state index in [2.05, 4.69) is 17.9 Å². The maximum atomic E-state index is 11.5. The summed E-state index contributed by atoms with van der Waals surface area (Å²) in [5.74, 6) is 1.08. The third-order valence-corrected chi connectivity index (χ3v) is 4.73. The molecule has 1 amide bonds. The fourth-order valence-electron chi connectivity index (χ4n) is 3.04. The molecule has 1 aliphatic rings. The fourth-order valence-corrected chi connectivity index (χ4v) is 3.21. The fraction of sp³-hybridized carbons (Fsp3) is 0.412. The molecule has 116 valence electrons. The summed E-state index contributed by atoms with van der Waals surface area (Å²) in [6.07, 6.45) is 0.977. The minimum absolute atomic E-state index is 0.112. The molecule has 1 fully saturated rings. The Morgan fingerprint density at radius 2 is 2.18 bits per heavy atom. The van der Waals surface area contributed by atoms with E-state index in [0.29, 0.717) is 5.02 Å². The summed E-state index contributed by atoms with van der Waals surface area (Å²) in [5, 5.41) is 1.83. The van der Waals surface area contributed by atoms with Crippen LogP contribution >= 0.6 is 11.6 Å². The van der Waals surface area contributed by atoms with Crippen molar-refractivity contribution in [2.75, 3.05) is 25.0 Å². The van der Waals surface area contributed by atoms with Crippen LogP contribution in [-0.4, -0.2) is 42.0 Å². The number of carbonyl (C=O) groups is 1. The predicted molar refractivity (Wildman–Crippen MR) is 90.6 cm³/mol. The van der Waals surface area contributed by atoms with Gasteiger partial charge in [0.2, 0.25) is 5.91 Å². The molecule has 1 aromatic carbocycles. The van der Waals surface area contributed by atoms with Crippen LogP contribution in [0.4, 0.5) is 5.82 Å². The normalized spacial score (nSPS) is 18.0. The highest BCUT2D eigenvalue weighted by molar-refractivity contribution is 6.31. The van der Waals surface area contributed by atoms with Crippen molar-refractivity contribution in [2.24, 2.45) is 0 Å². The number of likely N-dealkylation sites (N-methyl/N-ethyl adjacent to an activating group) is 1. The lowest BCUT2D eigenvalue weighted by Crippen LogP contribution is -2.37. The zero-order valence-corrected chi connectivity index (χ0v) is 13.9. The van der Waals surface area contributed by atoms with Gasteiger partial charge in [-0.3, -0.25) is 4.79 Å². The third kappa shape index (κ3) is 2.75. The number of amides is 1. The Hall–Kier alpha value is -1.81. The Morgan fingerprint density at radius 1 is 1.41 bits per heavy atom. The second-order valence-electron chi connectivity index (χ2n) is 5.98. The van der Waals surface area contributed by atoms with E-state index < -0.39 is 0 Å². The molecule has 0 aliphatic carbocycles. The maximum Gasteiger partial charge on any atom is 0.219 e. The largest absolute Gasteiger partial charge is 0.354 e. The molecule has 2 aromatic rings. The van der Waals surface area contributed by atoms with Crippen molar-refractivity contribution in [2.45, 2.75) is 26.3 Å². The number of fused-ring (bicyclic) bond motifs is 1. The first-order valence-electron chi connectivity index (χ1n) is 7.51. The zero-order chi connectivity index (χ0) is 15.9. The number of rotatable bonds is 2. The van der Waals surface area contributed by atoms with Gasteiger partial charge < -0.3 is 9.80 Å². The molecule has 1 aliphatic heterocycles. The molecule has 0 radical (unpaired) electrons. The Balaban J connectivity index is 1.90. The number of nitrogens with zero attached hydrogens (tertiary/aromatic N) is 3. The molecule has 1 atom stereocenters. The van der Waals surface area contributed by atoms with Crippen molar-refractivity contribution in [3.05, 3.63) is 34.9 Å². The van der Waals surface area contributed by atoms with Gasteiger partial charge in [0.15, 0.2) is 0 Å². The van der Waals surface area contributed by atoms with Gasteiger partial charge in [-0.05, 0) is 37.1 Å². The highest BCUT2D eigenvalue weighted by Gasteiger charge is 2.28. The van der Waals surface area contributed by atoms with Gasteiger partial charge in [0, 0.05) is 37.5 Å². The van der Waals surface area contributed by atoms with Gasteiger partial charge in [-0.1, -0.05) is 17.7 Å². The summed E-state index contributed by atoms with van der Waals surface area (Å²) in [5.41, 5.74) is 2.12. The molecule has 0 bridgehead atoms. The Labute approximate surface area is 135 Å². The highest BCUT2D eigenvalue weighted by Crippen LogP contribution is 2.27. The van der Waals surface area contributed by atoms with E-state index in [1.165, 1.54) is 5.56 Å². The van der Waals surface area contributed by atoms with Gasteiger partial charge in [-0.2, -0.15) is 0 Å². The SMILES string of the molecule is CC(=O)N(C)C1CCN(c2cc(C)c3ccc(Cl)cc3n2)C1. The van der Waals surface area contributed by atoms with Crippen LogP contribution in [0.5, 0.6) is 0 Å². The summed E-state index contributed by atoms with van der Waals surface area (Å²) < 4.78 is 0. The molecule has 0 N–H and O–H groups in total. The summed E-state index contributed by atoms with van der Waals surface area (Å²) in [6.45, 7) is 5.45. The molecule has 0 spiro atoms. The van der Waals surface area contributed by atoms with Crippen LogP contribution in [0.1, 0.15) is 18.9 Å². The van der Waals surface area contributed by atoms with E-state index in [1.807, 2.05) is 30.1 Å². The van der Waals surface area contributed by atoms with Crippen LogP contribution in [0.25, 0.3) is 10.9 Å². The number of hydrogen-bond donors (Lipinski definition) is 0. The Morgan fingerprint density at radius 3 is 2.91 bits per heavy atom. The highest BCUT2D eigenvalue weighted by atomic mass is 35.5. The summed E-state index contributed by atoms with van der Waals surface area (Å²) in [7, 11) is 1.87. The molecule has 22 heavy (non-hydrogen) atoms. The monoisotopic (exact) mass is 317 g/mol. The van der Waals surface area contributed by atoms with E-state index in [-0.39, 0.29) is 11.9 Å². The van der Waals surface area contributed by atoms with Crippen LogP contribution in [0, 0.1) is 6.92 Å². The molecule has 1 aromatic heterocycles. The Kier molecular flexibility index (Phi) is 3.96. The second kappa shape index (κ2) is 5.76. The number of aryl methyl sites for hydroxylation is 1. The zero-order valence-electron chi connectivity index (χ0n) is 13.1. The molecule has 4 nitrogen and oxygen atoms in total. The first kappa shape index (κ1) is 15.1. The van der Waals surface area contributed by atoms with Crippen LogP contribution in [0.2, 0.25) is 5.02 Å². The van der Waals surface area contributed by atoms with Crippen LogP contribution in [0.3, 0.4) is 0 Å². The summed E-state index contributed by atoms with van der Waals surface area (Å²) in [6, 6.07) is 8.19. The Bertz CT molecular complexity index is 731. The molecule has 1 unspecified atom stereocenters. The molecule has 3 rings (SSSR count). The van der Waals surface area contributed by atoms with Crippen molar-refractivity contribution >= 4 is 34.2 Å². The lowest BCUT2D eigenvalue weighted by molar-refractivity contribution is -0.129. The lowest BCUT2D eigenvalue weighted by atomic mass is 10.1. The van der Waals surface area contributed by atoms with E-state index in [0.717, 1.165) is 36.2 Å². The van der Waals surface area contributed by atoms with Crippen LogP contribution in [-0.2, 0) is 4.79 Å². The summed E-state index contributed by atoms with van der Waals surface area (Å²) in [4.78, 5) is 20.3. The average Bonchev–Trinajstić information content (AvgIpc) is 2.95. The van der Waals surface area contributed by atoms with Crippen molar-refractivity contribution < 1.29 is 4.79 Å². The van der Waals surface area contributed by atoms with Gasteiger partial charge in [0.1, 0.15) is 5.82 Å². The molecular weight excluding hydrogens is 298 g/mol. The van der Waals surface area contributed by atoms with Crippen LogP contribution in [0.15, 0.2) is 24.3 Å². The van der Waals surface area contributed by atoms with Gasteiger partial charge in [-0.25, -0.2) is 4.98 Å². The standard InChI is InChI=1S/C17H20ClN3O/c1-11-8-17(19-16-9-13(18)4-5-15(11)16)21-7-6-14(10-21)20(3)12(2)22/h4-5,8-9,14H,6-7,10H2,1-3H3. The number of carbonyl (C=O) groups excluding carboxylic acids is 1. The topological polar surface area (TPSA) is 36.4 Å². The van der Waals surface area contributed by atoms with E-state index in [9.17, 15) is 4.79 Å². The van der Waals surface area contributed by atoms with Crippen molar-refractivity contribution in [1.82, 2.24) is 9.88 Å². The number of halogens is 1. The minimum Gasteiger partial charge on any atom is -0.354 e. The van der Waals surface area contributed by atoms with E-state index in [1.54, 1.807) is 6.92 Å². The smallest absolute Gasteiger partial charge is 0.219 e. The number of benzene rings is 1. The minimum atomic E-state index is 0.112. The predicted octanol–water partition coefficient (Wildman–Crippen LogP) is 3.25. The molecule has 1 saturated heterocycles. The second-order valence-corrected chi connectivity index (χ2v) is 6.41. The maximum absolute atomic E-state index is 11.5. The van der Waals surface area contributed by atoms with Crippen molar-refractivity contribution in [3.8, 4) is 0 Å². The summed E-state index contributed by atoms with van der Waals surface area (Å²) >= 11 is 6.08. The quantitative estimate of drug-likeness (QED) is 0.853. The molecule has 5 heteroatoms. The van der Waals surface area contributed by atoms with E-state index in [4.69, 9.17) is 16.6 Å². The van der Waals surface area contributed by atoms with Gasteiger partial charge in [0.25, 0.3) is 0 Å². The molecular formula is C17H20ClN3O. The van der Waals surface area contributed by atoms with Crippen molar-refractivity contribution in [1.29, 1.82) is 0 Å². The van der Waals surface area contributed by atoms with E-state index >= 15 is 0 Å². The first-order valence-corrected chi connectivity index (χ1v) is 7.89. The first-order chi connectivity index (χ1) is 10.5. The number of pyridine rings is 1. The van der Waals surface area contributed by atoms with Gasteiger partial charge in [0.05, 0.1) is 11.6 Å². The van der Waals surface area contributed by atoms with Gasteiger partial charge in [-0.15, -0.1) is 0 Å². The lowest BCUT2D eigenvalue weighted by Gasteiger charge is -2.24. The number of aromatic nitrogens is 1.